The van der Waals surface area contributed by atoms with Gasteiger partial charge in [0.15, 0.2) is 0 Å². The molecule has 4 heteroatoms. The third-order valence-corrected chi connectivity index (χ3v) is 3.79. The molecule has 0 aliphatic carbocycles. The van der Waals surface area contributed by atoms with Crippen LogP contribution in [0.4, 0.5) is 0 Å². The van der Waals surface area contributed by atoms with E-state index in [9.17, 15) is 0 Å². The molecule has 2 heterocycles. The Bertz CT molecular complexity index is 470. The molecule has 0 radical (unpaired) electrons. The van der Waals surface area contributed by atoms with Crippen molar-refractivity contribution in [2.75, 3.05) is 0 Å². The fourth-order valence-corrected chi connectivity index (χ4v) is 2.50. The van der Waals surface area contributed by atoms with Gasteiger partial charge in [-0.3, -0.25) is 0 Å². The first kappa shape index (κ1) is 9.87. The first-order valence-electron chi connectivity index (χ1n) is 4.39. The SMILES string of the molecule is CC(C)(C)c1cc2c(Cl)ncnc2s1. The first-order chi connectivity index (χ1) is 6.48. The van der Waals surface area contributed by atoms with Crippen LogP contribution >= 0.6 is 22.9 Å². The van der Waals surface area contributed by atoms with E-state index in [0.717, 1.165) is 10.2 Å². The Kier molecular flexibility index (Phi) is 2.24. The predicted octanol–water partition coefficient (Wildman–Crippen LogP) is 3.64. The molecule has 0 atom stereocenters. The monoisotopic (exact) mass is 226 g/mol. The number of fused-ring (bicyclic) bond motifs is 1. The molecule has 0 amide bonds. The fourth-order valence-electron chi connectivity index (χ4n) is 1.20. The summed E-state index contributed by atoms with van der Waals surface area (Å²) in [6, 6.07) is 2.09. The highest BCUT2D eigenvalue weighted by Crippen LogP contribution is 2.34. The zero-order valence-corrected chi connectivity index (χ0v) is 9.91. The van der Waals surface area contributed by atoms with Crippen molar-refractivity contribution < 1.29 is 0 Å². The summed E-state index contributed by atoms with van der Waals surface area (Å²) in [5, 5.41) is 1.51. The van der Waals surface area contributed by atoms with Crippen LogP contribution in [0, 0.1) is 0 Å². The minimum Gasteiger partial charge on any atom is -0.225 e. The van der Waals surface area contributed by atoms with Crippen molar-refractivity contribution in [2.24, 2.45) is 0 Å². The van der Waals surface area contributed by atoms with Crippen LogP contribution in [0.25, 0.3) is 10.2 Å². The smallest absolute Gasteiger partial charge is 0.141 e. The Labute approximate surface area is 92.0 Å². The summed E-state index contributed by atoms with van der Waals surface area (Å²) in [5.41, 5.74) is 0.148. The van der Waals surface area contributed by atoms with Crippen LogP contribution < -0.4 is 0 Å². The highest BCUT2D eigenvalue weighted by molar-refractivity contribution is 7.18. The van der Waals surface area contributed by atoms with E-state index in [1.807, 2.05) is 0 Å². The zero-order chi connectivity index (χ0) is 10.3. The minimum atomic E-state index is 0.148. The molecule has 0 aliphatic rings. The summed E-state index contributed by atoms with van der Waals surface area (Å²) in [5.74, 6) is 0. The van der Waals surface area contributed by atoms with Crippen molar-refractivity contribution in [3.63, 3.8) is 0 Å². The van der Waals surface area contributed by atoms with Gasteiger partial charge < -0.3 is 0 Å². The summed E-state index contributed by atoms with van der Waals surface area (Å²) >= 11 is 7.66. The van der Waals surface area contributed by atoms with Crippen LogP contribution in [-0.4, -0.2) is 9.97 Å². The maximum atomic E-state index is 5.98. The van der Waals surface area contributed by atoms with Crippen molar-refractivity contribution in [3.05, 3.63) is 22.4 Å². The van der Waals surface area contributed by atoms with Crippen LogP contribution in [0.5, 0.6) is 0 Å². The first-order valence-corrected chi connectivity index (χ1v) is 5.58. The average Bonchev–Trinajstić information content (AvgIpc) is 2.48. The Morgan fingerprint density at radius 1 is 1.29 bits per heavy atom. The van der Waals surface area contributed by atoms with Crippen LogP contribution in [-0.2, 0) is 5.41 Å². The molecule has 0 fully saturated rings. The van der Waals surface area contributed by atoms with E-state index in [1.165, 1.54) is 11.2 Å². The number of nitrogens with zero attached hydrogens (tertiary/aromatic N) is 2. The maximum absolute atomic E-state index is 5.98. The van der Waals surface area contributed by atoms with Gasteiger partial charge in [0.1, 0.15) is 16.3 Å². The van der Waals surface area contributed by atoms with E-state index < -0.39 is 0 Å². The quantitative estimate of drug-likeness (QED) is 0.641. The molecule has 14 heavy (non-hydrogen) atoms. The lowest BCUT2D eigenvalue weighted by Crippen LogP contribution is -2.07. The van der Waals surface area contributed by atoms with Gasteiger partial charge in [0, 0.05) is 10.3 Å². The molecule has 2 rings (SSSR count). The van der Waals surface area contributed by atoms with E-state index in [1.54, 1.807) is 11.3 Å². The second-order valence-corrected chi connectivity index (χ2v) is 5.63. The van der Waals surface area contributed by atoms with Crippen LogP contribution in [0.1, 0.15) is 25.6 Å². The van der Waals surface area contributed by atoms with E-state index in [-0.39, 0.29) is 5.41 Å². The van der Waals surface area contributed by atoms with Crippen LogP contribution in [0.2, 0.25) is 5.15 Å². The number of hydrogen-bond donors (Lipinski definition) is 0. The normalized spacial score (nSPS) is 12.3. The number of hydrogen-bond acceptors (Lipinski definition) is 3. The van der Waals surface area contributed by atoms with Gasteiger partial charge in [0.2, 0.25) is 0 Å². The van der Waals surface area contributed by atoms with Gasteiger partial charge in [-0.25, -0.2) is 9.97 Å². The molecule has 0 saturated carbocycles. The number of aromatic nitrogens is 2. The molecule has 2 aromatic heterocycles. The molecule has 0 saturated heterocycles. The van der Waals surface area contributed by atoms with Crippen molar-refractivity contribution in [2.45, 2.75) is 26.2 Å². The summed E-state index contributed by atoms with van der Waals surface area (Å²) in [6.45, 7) is 6.54. The van der Waals surface area contributed by atoms with Gasteiger partial charge in [-0.05, 0) is 11.5 Å². The Hall–Kier alpha value is -0.670. The maximum Gasteiger partial charge on any atom is 0.141 e. The van der Waals surface area contributed by atoms with E-state index in [0.29, 0.717) is 5.15 Å². The number of thiophene rings is 1. The van der Waals surface area contributed by atoms with E-state index in [2.05, 4.69) is 36.8 Å². The average molecular weight is 227 g/mol. The van der Waals surface area contributed by atoms with Gasteiger partial charge in [-0.2, -0.15) is 0 Å². The molecule has 2 aromatic rings. The van der Waals surface area contributed by atoms with Crippen molar-refractivity contribution in [3.8, 4) is 0 Å². The Morgan fingerprint density at radius 3 is 2.57 bits per heavy atom. The highest BCUT2D eigenvalue weighted by atomic mass is 35.5. The lowest BCUT2D eigenvalue weighted by Gasteiger charge is -2.14. The van der Waals surface area contributed by atoms with Crippen molar-refractivity contribution in [1.82, 2.24) is 9.97 Å². The number of rotatable bonds is 0. The van der Waals surface area contributed by atoms with Crippen LogP contribution in [0.3, 0.4) is 0 Å². The summed E-state index contributed by atoms with van der Waals surface area (Å²) in [6.07, 6.45) is 1.51. The molecule has 2 nitrogen and oxygen atoms in total. The molecule has 74 valence electrons. The molecular weight excluding hydrogens is 216 g/mol. The van der Waals surface area contributed by atoms with Gasteiger partial charge in [0.05, 0.1) is 0 Å². The van der Waals surface area contributed by atoms with Gasteiger partial charge in [0.25, 0.3) is 0 Å². The van der Waals surface area contributed by atoms with Gasteiger partial charge in [-0.15, -0.1) is 11.3 Å². The highest BCUT2D eigenvalue weighted by Gasteiger charge is 2.18. The summed E-state index contributed by atoms with van der Waals surface area (Å²) in [4.78, 5) is 10.4. The second kappa shape index (κ2) is 3.17. The lowest BCUT2D eigenvalue weighted by molar-refractivity contribution is 0.604. The molecule has 0 bridgehead atoms. The predicted molar refractivity (Wildman–Crippen MR) is 61.1 cm³/mol. The van der Waals surface area contributed by atoms with Gasteiger partial charge >= 0.3 is 0 Å². The largest absolute Gasteiger partial charge is 0.225 e. The third-order valence-electron chi connectivity index (χ3n) is 2.02. The molecule has 0 aromatic carbocycles. The zero-order valence-electron chi connectivity index (χ0n) is 8.34. The molecule has 0 N–H and O–H groups in total. The molecule has 0 aliphatic heterocycles. The van der Waals surface area contributed by atoms with Crippen LogP contribution in [0.15, 0.2) is 12.4 Å². The van der Waals surface area contributed by atoms with E-state index in [4.69, 9.17) is 11.6 Å². The van der Waals surface area contributed by atoms with Gasteiger partial charge in [-0.1, -0.05) is 32.4 Å². The fraction of sp³-hybridized carbons (Fsp3) is 0.400. The molecule has 0 spiro atoms. The minimum absolute atomic E-state index is 0.148. The lowest BCUT2D eigenvalue weighted by atomic mass is 9.94. The van der Waals surface area contributed by atoms with E-state index >= 15 is 0 Å². The summed E-state index contributed by atoms with van der Waals surface area (Å²) < 4.78 is 0. The standard InChI is InChI=1S/C10H11ClN2S/c1-10(2,3)7-4-6-8(11)12-5-13-9(6)14-7/h4-5H,1-3H3. The Morgan fingerprint density at radius 2 is 2.00 bits per heavy atom. The Balaban J connectivity index is 2.69. The summed E-state index contributed by atoms with van der Waals surface area (Å²) in [7, 11) is 0. The third kappa shape index (κ3) is 1.62. The van der Waals surface area contributed by atoms with Crippen molar-refractivity contribution >= 4 is 33.2 Å². The second-order valence-electron chi connectivity index (χ2n) is 4.24. The van der Waals surface area contributed by atoms with Crippen molar-refractivity contribution in [1.29, 1.82) is 0 Å². The number of halogens is 1. The molecular formula is C10H11ClN2S. The topological polar surface area (TPSA) is 25.8 Å². The molecule has 0 unspecified atom stereocenters.